The van der Waals surface area contributed by atoms with Gasteiger partial charge in [-0.05, 0) is 55.6 Å². The molecular weight excluding hydrogens is 358 g/mol. The average Bonchev–Trinajstić information content (AvgIpc) is 2.62. The van der Waals surface area contributed by atoms with Crippen LogP contribution in [0.4, 0.5) is 0 Å². The zero-order valence-corrected chi connectivity index (χ0v) is 15.5. The predicted octanol–water partition coefficient (Wildman–Crippen LogP) is 2.93. The minimum atomic E-state index is -3.56. The monoisotopic (exact) mass is 379 g/mol. The average molecular weight is 380 g/mol. The Kier molecular flexibility index (Phi) is 6.06. The van der Waals surface area contributed by atoms with Crippen LogP contribution in [0.5, 0.6) is 0 Å². The number of benzene rings is 1. The van der Waals surface area contributed by atoms with Crippen LogP contribution in [-0.2, 0) is 16.6 Å². The van der Waals surface area contributed by atoms with E-state index in [0.717, 1.165) is 32.5 Å². The van der Waals surface area contributed by atoms with Gasteiger partial charge in [0.05, 0.1) is 5.02 Å². The highest BCUT2D eigenvalue weighted by molar-refractivity contribution is 7.89. The highest BCUT2D eigenvalue weighted by Crippen LogP contribution is 2.22. The first kappa shape index (κ1) is 18.3. The van der Waals surface area contributed by atoms with Gasteiger partial charge in [0.15, 0.2) is 0 Å². The van der Waals surface area contributed by atoms with Crippen molar-refractivity contribution >= 4 is 21.6 Å². The van der Waals surface area contributed by atoms with Crippen LogP contribution in [0.2, 0.25) is 5.02 Å². The van der Waals surface area contributed by atoms with Crippen LogP contribution in [0.1, 0.15) is 18.4 Å². The smallest absolute Gasteiger partial charge is 0.242 e. The quantitative estimate of drug-likeness (QED) is 0.838. The summed E-state index contributed by atoms with van der Waals surface area (Å²) in [6.45, 7) is 3.28. The lowest BCUT2D eigenvalue weighted by Gasteiger charge is -2.31. The van der Waals surface area contributed by atoms with Gasteiger partial charge in [-0.1, -0.05) is 29.8 Å². The molecule has 0 radical (unpaired) electrons. The van der Waals surface area contributed by atoms with Gasteiger partial charge in [-0.25, -0.2) is 13.1 Å². The van der Waals surface area contributed by atoms with E-state index in [9.17, 15) is 8.42 Å². The van der Waals surface area contributed by atoms with Crippen LogP contribution < -0.4 is 4.72 Å². The van der Waals surface area contributed by atoms with Gasteiger partial charge in [-0.3, -0.25) is 9.88 Å². The molecule has 0 aliphatic carbocycles. The lowest BCUT2D eigenvalue weighted by atomic mass is 9.97. The highest BCUT2D eigenvalue weighted by Gasteiger charge is 2.23. The molecule has 3 rings (SSSR count). The normalized spacial score (nSPS) is 16.8. The maximum atomic E-state index is 12.4. The van der Waals surface area contributed by atoms with Crippen LogP contribution >= 0.6 is 11.6 Å². The first-order chi connectivity index (χ1) is 12.0. The summed E-state index contributed by atoms with van der Waals surface area (Å²) in [4.78, 5) is 6.67. The minimum Gasteiger partial charge on any atom is -0.299 e. The summed E-state index contributed by atoms with van der Waals surface area (Å²) in [5, 5.41) is 0.251. The summed E-state index contributed by atoms with van der Waals surface area (Å²) in [7, 11) is -3.56. The van der Waals surface area contributed by atoms with E-state index >= 15 is 0 Å². The Balaban J connectivity index is 1.49. The third-order valence-corrected chi connectivity index (χ3v) is 6.45. The summed E-state index contributed by atoms with van der Waals surface area (Å²) in [5.41, 5.74) is 1.21. The predicted molar refractivity (Wildman–Crippen MR) is 98.9 cm³/mol. The number of nitrogens with zero attached hydrogens (tertiary/aromatic N) is 2. The second-order valence-corrected chi connectivity index (χ2v) is 8.51. The topological polar surface area (TPSA) is 62.3 Å². The van der Waals surface area contributed by atoms with Crippen molar-refractivity contribution in [2.75, 3.05) is 19.6 Å². The molecule has 1 aromatic heterocycles. The molecule has 7 heteroatoms. The van der Waals surface area contributed by atoms with E-state index in [-0.39, 0.29) is 9.92 Å². The fourth-order valence-electron chi connectivity index (χ4n) is 3.07. The van der Waals surface area contributed by atoms with Crippen molar-refractivity contribution in [3.05, 3.63) is 59.4 Å². The standard InChI is InChI=1S/C18H22ClN3O2S/c19-17-5-1-2-6-18(17)25(23,24)21-13-15-7-10-22(11-8-15)14-16-4-3-9-20-12-16/h1-6,9,12,15,21H,7-8,10-11,13-14H2. The van der Waals surface area contributed by atoms with Crippen molar-refractivity contribution in [2.24, 2.45) is 5.92 Å². The molecule has 0 saturated carbocycles. The Hall–Kier alpha value is -1.47. The van der Waals surface area contributed by atoms with E-state index in [2.05, 4.69) is 20.7 Å². The van der Waals surface area contributed by atoms with E-state index in [1.165, 1.54) is 11.6 Å². The van der Waals surface area contributed by atoms with Crippen LogP contribution in [-0.4, -0.2) is 37.9 Å². The van der Waals surface area contributed by atoms with Crippen molar-refractivity contribution in [1.29, 1.82) is 0 Å². The molecule has 5 nitrogen and oxygen atoms in total. The molecule has 0 spiro atoms. The Bertz CT molecular complexity index is 791. The third kappa shape index (κ3) is 5.01. The summed E-state index contributed by atoms with van der Waals surface area (Å²) in [6.07, 6.45) is 5.63. The Morgan fingerprint density at radius 2 is 1.92 bits per heavy atom. The molecule has 2 heterocycles. The van der Waals surface area contributed by atoms with Crippen molar-refractivity contribution in [2.45, 2.75) is 24.3 Å². The molecular formula is C18H22ClN3O2S. The molecule has 2 aromatic rings. The van der Waals surface area contributed by atoms with E-state index in [1.807, 2.05) is 12.3 Å². The summed E-state index contributed by atoms with van der Waals surface area (Å²) >= 11 is 6.00. The van der Waals surface area contributed by atoms with Crippen molar-refractivity contribution in [1.82, 2.24) is 14.6 Å². The Morgan fingerprint density at radius 3 is 2.60 bits per heavy atom. The second-order valence-electron chi connectivity index (χ2n) is 6.36. The summed E-state index contributed by atoms with van der Waals surface area (Å²) < 4.78 is 27.5. The molecule has 1 fully saturated rings. The number of hydrogen-bond acceptors (Lipinski definition) is 4. The van der Waals surface area contributed by atoms with Gasteiger partial charge in [0.1, 0.15) is 4.90 Å². The van der Waals surface area contributed by atoms with E-state index in [0.29, 0.717) is 12.5 Å². The van der Waals surface area contributed by atoms with Crippen LogP contribution in [0.15, 0.2) is 53.7 Å². The van der Waals surface area contributed by atoms with Crippen LogP contribution in [0.25, 0.3) is 0 Å². The zero-order chi connectivity index (χ0) is 17.7. The molecule has 0 bridgehead atoms. The van der Waals surface area contributed by atoms with E-state index in [4.69, 9.17) is 11.6 Å². The Morgan fingerprint density at radius 1 is 1.16 bits per heavy atom. The van der Waals surface area contributed by atoms with Crippen LogP contribution in [0, 0.1) is 5.92 Å². The second kappa shape index (κ2) is 8.27. The number of piperidine rings is 1. The molecule has 1 aromatic carbocycles. The number of hydrogen-bond donors (Lipinski definition) is 1. The largest absolute Gasteiger partial charge is 0.299 e. The number of halogens is 1. The van der Waals surface area contributed by atoms with E-state index < -0.39 is 10.0 Å². The van der Waals surface area contributed by atoms with Gasteiger partial charge in [0.2, 0.25) is 10.0 Å². The first-order valence-electron chi connectivity index (χ1n) is 8.40. The van der Waals surface area contributed by atoms with Gasteiger partial charge < -0.3 is 0 Å². The molecule has 134 valence electrons. The summed E-state index contributed by atoms with van der Waals surface area (Å²) in [5.74, 6) is 0.349. The number of aromatic nitrogens is 1. The fourth-order valence-corrected chi connectivity index (χ4v) is 4.70. The molecule has 25 heavy (non-hydrogen) atoms. The van der Waals surface area contributed by atoms with E-state index in [1.54, 1.807) is 24.4 Å². The maximum Gasteiger partial charge on any atom is 0.242 e. The molecule has 1 N–H and O–H groups in total. The van der Waals surface area contributed by atoms with Crippen molar-refractivity contribution in [3.8, 4) is 0 Å². The molecule has 0 atom stereocenters. The molecule has 0 unspecified atom stereocenters. The molecule has 1 saturated heterocycles. The van der Waals surface area contributed by atoms with Gasteiger partial charge in [0, 0.05) is 25.5 Å². The Labute approximate surface area is 154 Å². The van der Waals surface area contributed by atoms with Gasteiger partial charge >= 0.3 is 0 Å². The first-order valence-corrected chi connectivity index (χ1v) is 10.3. The molecule has 0 amide bonds. The lowest BCUT2D eigenvalue weighted by molar-refractivity contribution is 0.178. The number of likely N-dealkylation sites (tertiary alicyclic amines) is 1. The molecule has 1 aliphatic heterocycles. The zero-order valence-electron chi connectivity index (χ0n) is 13.9. The number of rotatable bonds is 6. The van der Waals surface area contributed by atoms with Crippen LogP contribution in [0.3, 0.4) is 0 Å². The number of sulfonamides is 1. The van der Waals surface area contributed by atoms with Crippen molar-refractivity contribution in [3.63, 3.8) is 0 Å². The lowest BCUT2D eigenvalue weighted by Crippen LogP contribution is -2.38. The number of pyridine rings is 1. The summed E-state index contributed by atoms with van der Waals surface area (Å²) in [6, 6.07) is 10.5. The molecule has 1 aliphatic rings. The SMILES string of the molecule is O=S(=O)(NCC1CCN(Cc2cccnc2)CC1)c1ccccc1Cl. The highest BCUT2D eigenvalue weighted by atomic mass is 35.5. The third-order valence-electron chi connectivity index (χ3n) is 4.52. The maximum absolute atomic E-state index is 12.4. The van der Waals surface area contributed by atoms with Gasteiger partial charge in [-0.2, -0.15) is 0 Å². The van der Waals surface area contributed by atoms with Gasteiger partial charge in [0.25, 0.3) is 0 Å². The van der Waals surface area contributed by atoms with Gasteiger partial charge in [-0.15, -0.1) is 0 Å². The minimum absolute atomic E-state index is 0.144. The number of nitrogens with one attached hydrogen (secondary N) is 1. The fraction of sp³-hybridized carbons (Fsp3) is 0.389. The van der Waals surface area contributed by atoms with Crippen molar-refractivity contribution < 1.29 is 8.42 Å².